The smallest absolute Gasteiger partial charge is 0.228 e. The minimum absolute atomic E-state index is 0.245. The number of unbranched alkanes of at least 4 members (excludes halogenated alkanes) is 3. The number of β-amino-alcohol motifs (C(OH)–C–C–N with tert-alkyl or cyclic N) is 2. The van der Waals surface area contributed by atoms with Crippen LogP contribution in [0.25, 0.3) is 0 Å². The minimum Gasteiger partial charge on any atom is -0.392 e. The maximum Gasteiger partial charge on any atom is 0.228 e. The molecule has 1 heterocycles. The molecule has 1 saturated heterocycles. The van der Waals surface area contributed by atoms with Gasteiger partial charge in [-0.1, -0.05) is 47.5 Å². The number of likely N-dealkylation sites (tertiary alicyclic amines) is 1. The van der Waals surface area contributed by atoms with E-state index in [9.17, 15) is 15.0 Å². The van der Waals surface area contributed by atoms with Gasteiger partial charge in [0.1, 0.15) is 0 Å². The Hall–Kier alpha value is -0.650. The van der Waals surface area contributed by atoms with Crippen LogP contribution in [0.4, 0.5) is 0 Å². The lowest BCUT2D eigenvalue weighted by Crippen LogP contribution is -2.47. The second kappa shape index (κ2) is 10.6. The van der Waals surface area contributed by atoms with E-state index in [0.717, 1.165) is 38.8 Å². The van der Waals surface area contributed by atoms with Crippen molar-refractivity contribution in [3.8, 4) is 0 Å². The highest BCUT2D eigenvalue weighted by Crippen LogP contribution is 2.22. The maximum atomic E-state index is 12.8. The van der Waals surface area contributed by atoms with Crippen LogP contribution in [0.3, 0.4) is 0 Å². The van der Waals surface area contributed by atoms with Crippen molar-refractivity contribution < 1.29 is 15.0 Å². The summed E-state index contributed by atoms with van der Waals surface area (Å²) >= 11 is 0. The molecule has 1 aliphatic rings. The highest BCUT2D eigenvalue weighted by Gasteiger charge is 2.31. The molecule has 0 spiro atoms. The molecule has 0 aromatic rings. The number of amides is 1. The number of aliphatic hydroxyl groups excluding tert-OH is 2. The molecule has 3 unspecified atom stereocenters. The highest BCUT2D eigenvalue weighted by molar-refractivity contribution is 5.81. The van der Waals surface area contributed by atoms with Crippen molar-refractivity contribution in [2.45, 2.75) is 91.9 Å². The Morgan fingerprint density at radius 2 is 1.58 bits per heavy atom. The lowest BCUT2D eigenvalue weighted by Gasteiger charge is -2.36. The fourth-order valence-electron chi connectivity index (χ4n) is 3.57. The van der Waals surface area contributed by atoms with E-state index in [1.807, 2.05) is 20.8 Å². The van der Waals surface area contributed by atoms with E-state index in [1.165, 1.54) is 0 Å². The molecule has 0 aromatic carbocycles. The lowest BCUT2D eigenvalue weighted by atomic mass is 9.92. The molecular formula is C21H42N2O3. The van der Waals surface area contributed by atoms with Crippen LogP contribution in [0.2, 0.25) is 0 Å². The van der Waals surface area contributed by atoms with Gasteiger partial charge in [-0.05, 0) is 32.2 Å². The first-order valence-corrected chi connectivity index (χ1v) is 10.4. The first-order chi connectivity index (χ1) is 12.0. The summed E-state index contributed by atoms with van der Waals surface area (Å²) in [7, 11) is 0. The standard InChI is InChI=1S/C21H42N2O3/c1-16(2)17(3)23(20(26)21(4,5)6)12-10-8-7-9-11-22-14-18(24)13-19(25)15-22/h16-19,24-25H,7-15H2,1-6H3. The average molecular weight is 371 g/mol. The zero-order chi connectivity index (χ0) is 19.9. The molecular weight excluding hydrogens is 328 g/mol. The van der Waals surface area contributed by atoms with E-state index >= 15 is 0 Å². The number of aliphatic hydroxyl groups is 2. The average Bonchev–Trinajstić information content (AvgIpc) is 2.51. The highest BCUT2D eigenvalue weighted by atomic mass is 16.3. The third-order valence-corrected chi connectivity index (χ3v) is 5.46. The Labute approximate surface area is 160 Å². The van der Waals surface area contributed by atoms with Gasteiger partial charge in [0.05, 0.1) is 12.2 Å². The summed E-state index contributed by atoms with van der Waals surface area (Å²) in [5.74, 6) is 0.702. The van der Waals surface area contributed by atoms with Crippen molar-refractivity contribution >= 4 is 5.91 Å². The SMILES string of the molecule is CC(C)C(C)N(CCCCCCN1CC(O)CC(O)C1)C(=O)C(C)(C)C. The van der Waals surface area contributed by atoms with Gasteiger partial charge in [-0.2, -0.15) is 0 Å². The van der Waals surface area contributed by atoms with Gasteiger partial charge in [-0.25, -0.2) is 0 Å². The van der Waals surface area contributed by atoms with Crippen LogP contribution < -0.4 is 0 Å². The number of carbonyl (C=O) groups excluding carboxylic acids is 1. The van der Waals surface area contributed by atoms with Gasteiger partial charge in [0, 0.05) is 37.5 Å². The fourth-order valence-corrected chi connectivity index (χ4v) is 3.57. The van der Waals surface area contributed by atoms with Gasteiger partial charge in [0.15, 0.2) is 0 Å². The summed E-state index contributed by atoms with van der Waals surface area (Å²) in [5.41, 5.74) is -0.334. The Kier molecular flexibility index (Phi) is 9.56. The summed E-state index contributed by atoms with van der Waals surface area (Å²) in [4.78, 5) is 17.0. The van der Waals surface area contributed by atoms with Gasteiger partial charge in [0.2, 0.25) is 5.91 Å². The van der Waals surface area contributed by atoms with E-state index in [2.05, 4.69) is 30.6 Å². The van der Waals surface area contributed by atoms with Crippen molar-refractivity contribution in [3.05, 3.63) is 0 Å². The first-order valence-electron chi connectivity index (χ1n) is 10.4. The van der Waals surface area contributed by atoms with Crippen molar-refractivity contribution in [2.24, 2.45) is 11.3 Å². The van der Waals surface area contributed by atoms with Crippen LogP contribution in [0.1, 0.15) is 73.6 Å². The van der Waals surface area contributed by atoms with Crippen molar-refractivity contribution in [1.82, 2.24) is 9.80 Å². The molecule has 0 aliphatic carbocycles. The summed E-state index contributed by atoms with van der Waals surface area (Å²) < 4.78 is 0. The topological polar surface area (TPSA) is 64.0 Å². The number of piperidine rings is 1. The van der Waals surface area contributed by atoms with E-state index in [1.54, 1.807) is 0 Å². The number of carbonyl (C=O) groups is 1. The number of hydrogen-bond acceptors (Lipinski definition) is 4. The quantitative estimate of drug-likeness (QED) is 0.613. The number of hydrogen-bond donors (Lipinski definition) is 2. The van der Waals surface area contributed by atoms with Crippen LogP contribution >= 0.6 is 0 Å². The molecule has 26 heavy (non-hydrogen) atoms. The molecule has 3 atom stereocenters. The molecule has 2 N–H and O–H groups in total. The Balaban J connectivity index is 2.33. The third kappa shape index (κ3) is 7.93. The second-order valence-electron chi connectivity index (χ2n) is 9.45. The Morgan fingerprint density at radius 1 is 1.04 bits per heavy atom. The molecule has 0 bridgehead atoms. The van der Waals surface area contributed by atoms with Gasteiger partial charge < -0.3 is 15.1 Å². The van der Waals surface area contributed by atoms with Crippen LogP contribution in [-0.2, 0) is 4.79 Å². The van der Waals surface area contributed by atoms with Crippen molar-refractivity contribution in [3.63, 3.8) is 0 Å². The zero-order valence-electron chi connectivity index (χ0n) is 17.9. The second-order valence-corrected chi connectivity index (χ2v) is 9.45. The zero-order valence-corrected chi connectivity index (χ0v) is 17.9. The normalized spacial score (nSPS) is 23.3. The summed E-state index contributed by atoms with van der Waals surface area (Å²) in [6.45, 7) is 15.6. The van der Waals surface area contributed by atoms with Crippen LogP contribution in [0.5, 0.6) is 0 Å². The Morgan fingerprint density at radius 3 is 2.08 bits per heavy atom. The minimum atomic E-state index is -0.395. The predicted octanol–water partition coefficient (Wildman–Crippen LogP) is 2.89. The van der Waals surface area contributed by atoms with Gasteiger partial charge in [-0.3, -0.25) is 9.69 Å². The van der Waals surface area contributed by atoms with Crippen molar-refractivity contribution in [2.75, 3.05) is 26.2 Å². The number of rotatable bonds is 9. The van der Waals surface area contributed by atoms with E-state index < -0.39 is 12.2 Å². The van der Waals surface area contributed by atoms with Crippen LogP contribution in [0.15, 0.2) is 0 Å². The van der Waals surface area contributed by atoms with Crippen LogP contribution in [0, 0.1) is 11.3 Å². The molecule has 1 amide bonds. The summed E-state index contributed by atoms with van der Waals surface area (Å²) in [5, 5.41) is 19.5. The van der Waals surface area contributed by atoms with E-state index in [-0.39, 0.29) is 17.4 Å². The largest absolute Gasteiger partial charge is 0.392 e. The Bertz CT molecular complexity index is 410. The van der Waals surface area contributed by atoms with E-state index in [0.29, 0.717) is 25.4 Å². The van der Waals surface area contributed by atoms with Crippen LogP contribution in [-0.4, -0.2) is 70.3 Å². The van der Waals surface area contributed by atoms with Gasteiger partial charge >= 0.3 is 0 Å². The molecule has 1 fully saturated rings. The van der Waals surface area contributed by atoms with E-state index in [4.69, 9.17) is 0 Å². The molecule has 1 rings (SSSR count). The number of nitrogens with zero attached hydrogens (tertiary/aromatic N) is 2. The molecule has 0 aromatic heterocycles. The van der Waals surface area contributed by atoms with Crippen molar-refractivity contribution in [1.29, 1.82) is 0 Å². The maximum absolute atomic E-state index is 12.8. The fraction of sp³-hybridized carbons (Fsp3) is 0.952. The third-order valence-electron chi connectivity index (χ3n) is 5.46. The molecule has 1 aliphatic heterocycles. The molecule has 5 nitrogen and oxygen atoms in total. The lowest BCUT2D eigenvalue weighted by molar-refractivity contribution is -0.142. The molecule has 0 saturated carbocycles. The molecule has 154 valence electrons. The predicted molar refractivity (Wildman–Crippen MR) is 107 cm³/mol. The molecule has 5 heteroatoms. The first kappa shape index (κ1) is 23.4. The monoisotopic (exact) mass is 370 g/mol. The summed E-state index contributed by atoms with van der Waals surface area (Å²) in [6, 6.07) is 0.262. The molecule has 0 radical (unpaired) electrons. The van der Waals surface area contributed by atoms with Gasteiger partial charge in [-0.15, -0.1) is 0 Å². The van der Waals surface area contributed by atoms with Gasteiger partial charge in [0.25, 0.3) is 0 Å². The summed E-state index contributed by atoms with van der Waals surface area (Å²) in [6.07, 6.45) is 4.05.